The van der Waals surface area contributed by atoms with Gasteiger partial charge in [0.1, 0.15) is 5.75 Å². The van der Waals surface area contributed by atoms with Crippen molar-refractivity contribution in [2.75, 3.05) is 53.0 Å². The number of amides is 1. The second kappa shape index (κ2) is 8.98. The first-order valence-electron chi connectivity index (χ1n) is 10.4. The van der Waals surface area contributed by atoms with Gasteiger partial charge in [-0.1, -0.05) is 18.2 Å². The molecule has 0 spiro atoms. The summed E-state index contributed by atoms with van der Waals surface area (Å²) in [4.78, 5) is 16.1. The summed E-state index contributed by atoms with van der Waals surface area (Å²) in [6.07, 6.45) is -0.193. The summed E-state index contributed by atoms with van der Waals surface area (Å²) in [5, 5.41) is 2.41. The predicted molar refractivity (Wildman–Crippen MR) is 113 cm³/mol. The first kappa shape index (κ1) is 19.9. The van der Waals surface area contributed by atoms with E-state index in [1.165, 1.54) is 16.3 Å². The van der Waals surface area contributed by atoms with Crippen LogP contribution < -0.4 is 15.6 Å². The molecular formula is C22H30N4O3. The molecule has 4 rings (SSSR count). The van der Waals surface area contributed by atoms with Crippen LogP contribution in [-0.4, -0.2) is 68.9 Å². The summed E-state index contributed by atoms with van der Waals surface area (Å²) in [7, 11) is 1.70. The van der Waals surface area contributed by atoms with E-state index in [4.69, 9.17) is 9.47 Å². The molecule has 2 aromatic carbocycles. The largest absolute Gasteiger partial charge is 0.497 e. The maximum atomic E-state index is 11.9. The average molecular weight is 399 g/mol. The molecule has 7 nitrogen and oxygen atoms in total. The molecule has 2 aliphatic rings. The number of nitrogens with zero attached hydrogens (tertiary/aromatic N) is 2. The Kier molecular flexibility index (Phi) is 6.18. The van der Waals surface area contributed by atoms with Gasteiger partial charge in [0.2, 0.25) is 0 Å². The van der Waals surface area contributed by atoms with Crippen LogP contribution in [0, 0.1) is 5.92 Å². The molecule has 0 radical (unpaired) electrons. The highest BCUT2D eigenvalue weighted by Gasteiger charge is 2.31. The van der Waals surface area contributed by atoms with E-state index >= 15 is 0 Å². The number of hydrogen-bond acceptors (Lipinski definition) is 6. The number of nitrogens with one attached hydrogen (secondary N) is 2. The number of hydrazine groups is 1. The third-order valence-corrected chi connectivity index (χ3v) is 5.91. The molecule has 2 aliphatic heterocycles. The summed E-state index contributed by atoms with van der Waals surface area (Å²) in [5.74, 6) is 1.35. The summed E-state index contributed by atoms with van der Waals surface area (Å²) in [6, 6.07) is 13.1. The molecule has 0 aliphatic carbocycles. The number of methoxy groups -OCH3 is 1. The van der Waals surface area contributed by atoms with Crippen LogP contribution in [0.2, 0.25) is 0 Å². The lowest BCUT2D eigenvalue weighted by Gasteiger charge is -2.36. The van der Waals surface area contributed by atoms with E-state index < -0.39 is 0 Å². The van der Waals surface area contributed by atoms with Gasteiger partial charge in [-0.05, 0) is 41.5 Å². The molecule has 2 saturated heterocycles. The average Bonchev–Trinajstić information content (AvgIpc) is 3.21. The molecule has 2 aromatic rings. The van der Waals surface area contributed by atoms with Crippen LogP contribution in [0.15, 0.2) is 36.4 Å². The first-order valence-corrected chi connectivity index (χ1v) is 10.4. The highest BCUT2D eigenvalue weighted by atomic mass is 16.6. The van der Waals surface area contributed by atoms with Gasteiger partial charge in [-0.15, -0.1) is 0 Å². The lowest BCUT2D eigenvalue weighted by molar-refractivity contribution is 0.0750. The molecule has 156 valence electrons. The van der Waals surface area contributed by atoms with Crippen molar-refractivity contribution in [2.45, 2.75) is 13.0 Å². The van der Waals surface area contributed by atoms with Crippen LogP contribution in [-0.2, 0) is 4.74 Å². The summed E-state index contributed by atoms with van der Waals surface area (Å²) < 4.78 is 10.4. The van der Waals surface area contributed by atoms with Crippen LogP contribution in [0.3, 0.4) is 0 Å². The Morgan fingerprint density at radius 2 is 1.86 bits per heavy atom. The van der Waals surface area contributed by atoms with E-state index in [1.807, 2.05) is 13.0 Å². The Balaban J connectivity index is 1.39. The van der Waals surface area contributed by atoms with Gasteiger partial charge in [0.25, 0.3) is 0 Å². The topological polar surface area (TPSA) is 66.1 Å². The molecule has 2 atom stereocenters. The van der Waals surface area contributed by atoms with Crippen molar-refractivity contribution in [1.82, 2.24) is 20.7 Å². The SMILES string of the molecule is CCOC(=O)N1CCN(CC2CNNC2c2ccc3cc(OC)ccc3c2)CC1. The van der Waals surface area contributed by atoms with E-state index in [-0.39, 0.29) is 12.1 Å². The number of benzene rings is 2. The zero-order chi connectivity index (χ0) is 20.2. The second-order valence-electron chi connectivity index (χ2n) is 7.72. The van der Waals surface area contributed by atoms with E-state index in [0.717, 1.165) is 45.0 Å². The number of fused-ring (bicyclic) bond motifs is 1. The fourth-order valence-electron chi connectivity index (χ4n) is 4.28. The van der Waals surface area contributed by atoms with Crippen LogP contribution in [0.5, 0.6) is 5.75 Å². The summed E-state index contributed by atoms with van der Waals surface area (Å²) in [5.41, 5.74) is 8.09. The standard InChI is InChI=1S/C22H30N4O3/c1-3-29-22(27)26-10-8-25(9-11-26)15-19-14-23-24-21(19)18-5-4-17-13-20(28-2)7-6-16(17)12-18/h4-7,12-13,19,21,23-24H,3,8-11,14-15H2,1-2H3. The predicted octanol–water partition coefficient (Wildman–Crippen LogP) is 2.39. The number of hydrogen-bond donors (Lipinski definition) is 2. The van der Waals surface area contributed by atoms with E-state index in [0.29, 0.717) is 12.5 Å². The molecule has 2 fully saturated rings. The maximum Gasteiger partial charge on any atom is 0.409 e. The van der Waals surface area contributed by atoms with Gasteiger partial charge in [-0.3, -0.25) is 10.3 Å². The van der Waals surface area contributed by atoms with Crippen LogP contribution in [0.4, 0.5) is 4.79 Å². The van der Waals surface area contributed by atoms with Crippen molar-refractivity contribution in [3.8, 4) is 5.75 Å². The third kappa shape index (κ3) is 4.47. The molecule has 2 heterocycles. The lowest BCUT2D eigenvalue weighted by Crippen LogP contribution is -2.50. The van der Waals surface area contributed by atoms with Crippen molar-refractivity contribution in [3.63, 3.8) is 0 Å². The van der Waals surface area contributed by atoms with E-state index in [1.54, 1.807) is 12.0 Å². The van der Waals surface area contributed by atoms with E-state index in [9.17, 15) is 4.79 Å². The fourth-order valence-corrected chi connectivity index (χ4v) is 4.28. The van der Waals surface area contributed by atoms with Gasteiger partial charge >= 0.3 is 6.09 Å². The van der Waals surface area contributed by atoms with Gasteiger partial charge in [0, 0.05) is 45.2 Å². The minimum atomic E-state index is -0.193. The van der Waals surface area contributed by atoms with E-state index in [2.05, 4.69) is 46.1 Å². The number of carbonyl (C=O) groups is 1. The number of ether oxygens (including phenoxy) is 2. The highest BCUT2D eigenvalue weighted by molar-refractivity contribution is 5.84. The number of rotatable bonds is 5. The van der Waals surface area contributed by atoms with Crippen LogP contribution in [0.25, 0.3) is 10.8 Å². The number of piperazine rings is 1. The smallest absolute Gasteiger partial charge is 0.409 e. The maximum absolute atomic E-state index is 11.9. The fraction of sp³-hybridized carbons (Fsp3) is 0.500. The van der Waals surface area contributed by atoms with Gasteiger partial charge in [-0.2, -0.15) is 0 Å². The van der Waals surface area contributed by atoms with Crippen LogP contribution in [0.1, 0.15) is 18.5 Å². The molecule has 29 heavy (non-hydrogen) atoms. The van der Waals surface area contributed by atoms with Crippen molar-refractivity contribution >= 4 is 16.9 Å². The van der Waals surface area contributed by atoms with Gasteiger partial charge < -0.3 is 14.4 Å². The zero-order valence-electron chi connectivity index (χ0n) is 17.2. The Morgan fingerprint density at radius 1 is 1.10 bits per heavy atom. The molecule has 0 bridgehead atoms. The molecule has 1 amide bonds. The first-order chi connectivity index (χ1) is 14.2. The van der Waals surface area contributed by atoms with Crippen molar-refractivity contribution in [1.29, 1.82) is 0 Å². The molecule has 0 saturated carbocycles. The molecule has 0 aromatic heterocycles. The zero-order valence-corrected chi connectivity index (χ0v) is 17.2. The van der Waals surface area contributed by atoms with Gasteiger partial charge in [0.05, 0.1) is 19.8 Å². The molecule has 2 unspecified atom stereocenters. The van der Waals surface area contributed by atoms with Gasteiger partial charge in [-0.25, -0.2) is 10.2 Å². The monoisotopic (exact) mass is 398 g/mol. The normalized spacial score (nSPS) is 22.8. The van der Waals surface area contributed by atoms with Crippen LogP contribution >= 0.6 is 0 Å². The molecule has 2 N–H and O–H groups in total. The second-order valence-corrected chi connectivity index (χ2v) is 7.72. The summed E-state index contributed by atoms with van der Waals surface area (Å²) >= 11 is 0. The van der Waals surface area contributed by atoms with Crippen molar-refractivity contribution in [2.24, 2.45) is 5.92 Å². The Bertz CT molecular complexity index is 851. The minimum Gasteiger partial charge on any atom is -0.497 e. The molecular weight excluding hydrogens is 368 g/mol. The van der Waals surface area contributed by atoms with Gasteiger partial charge in [0.15, 0.2) is 0 Å². The van der Waals surface area contributed by atoms with Crippen molar-refractivity contribution in [3.05, 3.63) is 42.0 Å². The lowest BCUT2D eigenvalue weighted by atomic mass is 9.92. The summed E-state index contributed by atoms with van der Waals surface area (Å²) in [6.45, 7) is 7.45. The highest BCUT2D eigenvalue weighted by Crippen LogP contribution is 2.30. The Hall–Kier alpha value is -2.35. The minimum absolute atomic E-state index is 0.193. The quantitative estimate of drug-likeness (QED) is 0.806. The Morgan fingerprint density at radius 3 is 2.62 bits per heavy atom. The molecule has 7 heteroatoms. The van der Waals surface area contributed by atoms with Crippen molar-refractivity contribution < 1.29 is 14.3 Å². The number of carbonyl (C=O) groups excluding carboxylic acids is 1. The third-order valence-electron chi connectivity index (χ3n) is 5.91. The Labute approximate surface area is 171 Å².